The maximum Gasteiger partial charge on any atom is 0.245 e. The van der Waals surface area contributed by atoms with E-state index in [2.05, 4.69) is 10.3 Å². The molecule has 1 aliphatic heterocycles. The molecule has 2 amide bonds. The summed E-state index contributed by atoms with van der Waals surface area (Å²) in [5, 5.41) is 2.75. The molecule has 0 spiro atoms. The van der Waals surface area contributed by atoms with E-state index in [-0.39, 0.29) is 17.9 Å². The van der Waals surface area contributed by atoms with Crippen molar-refractivity contribution in [2.24, 2.45) is 0 Å². The molecule has 17 heavy (non-hydrogen) atoms. The summed E-state index contributed by atoms with van der Waals surface area (Å²) >= 11 is 1.52. The number of nitrogens with one attached hydrogen (secondary N) is 1. The minimum absolute atomic E-state index is 0.00625. The second-order valence-electron chi connectivity index (χ2n) is 4.01. The van der Waals surface area contributed by atoms with Crippen LogP contribution in [0.25, 0.3) is 0 Å². The van der Waals surface area contributed by atoms with Gasteiger partial charge in [-0.25, -0.2) is 0 Å². The highest BCUT2D eigenvalue weighted by Gasteiger charge is 2.28. The summed E-state index contributed by atoms with van der Waals surface area (Å²) in [6.45, 7) is 2.94. The summed E-state index contributed by atoms with van der Waals surface area (Å²) < 4.78 is 0. The lowest BCUT2D eigenvalue weighted by atomic mass is 10.2. The molecule has 1 saturated heterocycles. The maximum atomic E-state index is 12.1. The van der Waals surface area contributed by atoms with E-state index in [1.807, 2.05) is 6.92 Å². The molecule has 0 aliphatic carbocycles. The first kappa shape index (κ1) is 12.0. The summed E-state index contributed by atoms with van der Waals surface area (Å²) in [7, 11) is 0. The minimum atomic E-state index is -0.377. The molecule has 92 valence electrons. The molecular weight excluding hydrogens is 238 g/mol. The molecule has 0 aromatic carbocycles. The van der Waals surface area contributed by atoms with Crippen molar-refractivity contribution in [3.63, 3.8) is 0 Å². The number of carbonyl (C=O) groups excluding carboxylic acids is 2. The van der Waals surface area contributed by atoms with Crippen molar-refractivity contribution in [3.8, 4) is 0 Å². The predicted molar refractivity (Wildman–Crippen MR) is 64.4 cm³/mol. The largest absolute Gasteiger partial charge is 0.344 e. The Balaban J connectivity index is 2.09. The third kappa shape index (κ3) is 2.82. The van der Waals surface area contributed by atoms with E-state index in [1.165, 1.54) is 11.3 Å². The molecule has 1 N–H and O–H groups in total. The normalized spacial score (nSPS) is 21.2. The molecule has 1 fully saturated rings. The van der Waals surface area contributed by atoms with E-state index in [0.29, 0.717) is 25.9 Å². The van der Waals surface area contributed by atoms with Gasteiger partial charge in [-0.3, -0.25) is 14.6 Å². The zero-order valence-electron chi connectivity index (χ0n) is 9.68. The van der Waals surface area contributed by atoms with Crippen molar-refractivity contribution in [2.45, 2.75) is 32.4 Å². The zero-order valence-corrected chi connectivity index (χ0v) is 10.5. The van der Waals surface area contributed by atoms with Crippen LogP contribution in [-0.2, 0) is 16.1 Å². The monoisotopic (exact) mass is 253 g/mol. The van der Waals surface area contributed by atoms with Gasteiger partial charge in [0, 0.05) is 24.0 Å². The van der Waals surface area contributed by atoms with Gasteiger partial charge in [0.25, 0.3) is 0 Å². The van der Waals surface area contributed by atoms with Crippen LogP contribution in [0.5, 0.6) is 0 Å². The Labute approximate surface area is 104 Å². The molecule has 1 aromatic heterocycles. The van der Waals surface area contributed by atoms with Crippen LogP contribution < -0.4 is 5.32 Å². The molecule has 1 unspecified atom stereocenters. The Morgan fingerprint density at radius 3 is 3.06 bits per heavy atom. The number of nitrogens with zero attached hydrogens (tertiary/aromatic N) is 2. The average Bonchev–Trinajstić information content (AvgIpc) is 2.78. The van der Waals surface area contributed by atoms with Crippen molar-refractivity contribution in [3.05, 3.63) is 16.6 Å². The van der Waals surface area contributed by atoms with Gasteiger partial charge in [-0.2, -0.15) is 0 Å². The lowest BCUT2D eigenvalue weighted by molar-refractivity contribution is -0.134. The van der Waals surface area contributed by atoms with Crippen LogP contribution in [-0.4, -0.2) is 34.3 Å². The SMILES string of the molecule is CCC1NC(=O)CCN(Cc2cncs2)C1=O. The number of hydrogen-bond donors (Lipinski definition) is 1. The van der Waals surface area contributed by atoms with E-state index < -0.39 is 0 Å². The van der Waals surface area contributed by atoms with E-state index in [0.717, 1.165) is 4.88 Å². The van der Waals surface area contributed by atoms with Gasteiger partial charge in [0.05, 0.1) is 12.1 Å². The Bertz CT molecular complexity index is 405. The highest BCUT2D eigenvalue weighted by molar-refractivity contribution is 7.09. The van der Waals surface area contributed by atoms with Crippen LogP contribution in [0.3, 0.4) is 0 Å². The molecule has 2 heterocycles. The fourth-order valence-electron chi connectivity index (χ4n) is 1.84. The number of amides is 2. The molecule has 1 aliphatic rings. The summed E-state index contributed by atoms with van der Waals surface area (Å²) in [5.41, 5.74) is 1.75. The summed E-state index contributed by atoms with van der Waals surface area (Å²) in [6, 6.07) is -0.377. The molecule has 5 nitrogen and oxygen atoms in total. The minimum Gasteiger partial charge on any atom is -0.344 e. The lowest BCUT2D eigenvalue weighted by Crippen LogP contribution is -2.43. The van der Waals surface area contributed by atoms with Gasteiger partial charge in [-0.1, -0.05) is 6.92 Å². The fraction of sp³-hybridized carbons (Fsp3) is 0.545. The van der Waals surface area contributed by atoms with Crippen molar-refractivity contribution < 1.29 is 9.59 Å². The summed E-state index contributed by atoms with van der Waals surface area (Å²) in [4.78, 5) is 30.4. The molecule has 0 bridgehead atoms. The van der Waals surface area contributed by atoms with Crippen molar-refractivity contribution in [1.29, 1.82) is 0 Å². The molecular formula is C11H15N3O2S. The van der Waals surface area contributed by atoms with Crippen LogP contribution in [0.15, 0.2) is 11.7 Å². The molecule has 1 atom stereocenters. The molecule has 1 aromatic rings. The van der Waals surface area contributed by atoms with E-state index >= 15 is 0 Å². The molecule has 0 radical (unpaired) electrons. The van der Waals surface area contributed by atoms with Crippen molar-refractivity contribution in [2.75, 3.05) is 6.54 Å². The number of rotatable bonds is 3. The third-order valence-electron chi connectivity index (χ3n) is 2.79. The number of thiazole rings is 1. The van der Waals surface area contributed by atoms with Gasteiger partial charge in [-0.15, -0.1) is 11.3 Å². The van der Waals surface area contributed by atoms with Crippen LogP contribution in [0.4, 0.5) is 0 Å². The second-order valence-corrected chi connectivity index (χ2v) is 4.98. The third-order valence-corrected chi connectivity index (χ3v) is 3.56. The highest BCUT2D eigenvalue weighted by Crippen LogP contribution is 2.13. The number of aromatic nitrogens is 1. The van der Waals surface area contributed by atoms with E-state index in [1.54, 1.807) is 16.6 Å². The standard InChI is InChI=1S/C11H15N3O2S/c1-2-9-11(16)14(4-3-10(15)13-9)6-8-5-12-7-17-8/h5,7,9H,2-4,6H2,1H3,(H,13,15). The predicted octanol–water partition coefficient (Wildman–Crippen LogP) is 0.770. The van der Waals surface area contributed by atoms with Gasteiger partial charge in [0.15, 0.2) is 0 Å². The first-order valence-electron chi connectivity index (χ1n) is 5.66. The first-order chi connectivity index (χ1) is 8.20. The highest BCUT2D eigenvalue weighted by atomic mass is 32.1. The van der Waals surface area contributed by atoms with Crippen LogP contribution in [0.2, 0.25) is 0 Å². The maximum absolute atomic E-state index is 12.1. The van der Waals surface area contributed by atoms with Crippen LogP contribution in [0.1, 0.15) is 24.6 Å². The first-order valence-corrected chi connectivity index (χ1v) is 6.54. The smallest absolute Gasteiger partial charge is 0.245 e. The van der Waals surface area contributed by atoms with Gasteiger partial charge >= 0.3 is 0 Å². The molecule has 0 saturated carbocycles. The fourth-order valence-corrected chi connectivity index (χ4v) is 2.45. The van der Waals surface area contributed by atoms with Crippen LogP contribution in [0, 0.1) is 0 Å². The summed E-state index contributed by atoms with van der Waals surface area (Å²) in [6.07, 6.45) is 2.77. The van der Waals surface area contributed by atoms with Crippen LogP contribution >= 0.6 is 11.3 Å². The van der Waals surface area contributed by atoms with Crippen molar-refractivity contribution in [1.82, 2.24) is 15.2 Å². The Kier molecular flexibility index (Phi) is 3.73. The molecule has 6 heteroatoms. The molecule has 2 rings (SSSR count). The second kappa shape index (κ2) is 5.27. The lowest BCUT2D eigenvalue weighted by Gasteiger charge is -2.22. The topological polar surface area (TPSA) is 62.3 Å². The number of hydrogen-bond acceptors (Lipinski definition) is 4. The zero-order chi connectivity index (χ0) is 12.3. The van der Waals surface area contributed by atoms with E-state index in [9.17, 15) is 9.59 Å². The summed E-state index contributed by atoms with van der Waals surface area (Å²) in [5.74, 6) is -0.0382. The Morgan fingerprint density at radius 2 is 2.41 bits per heavy atom. The quantitative estimate of drug-likeness (QED) is 0.865. The Hall–Kier alpha value is -1.43. The van der Waals surface area contributed by atoms with Gasteiger partial charge in [-0.05, 0) is 6.42 Å². The number of carbonyl (C=O) groups is 2. The van der Waals surface area contributed by atoms with Gasteiger partial charge in [0.1, 0.15) is 6.04 Å². The van der Waals surface area contributed by atoms with Gasteiger partial charge < -0.3 is 10.2 Å². The van der Waals surface area contributed by atoms with Gasteiger partial charge in [0.2, 0.25) is 11.8 Å². The Morgan fingerprint density at radius 1 is 1.59 bits per heavy atom. The van der Waals surface area contributed by atoms with Crippen molar-refractivity contribution >= 4 is 23.2 Å². The van der Waals surface area contributed by atoms with E-state index in [4.69, 9.17) is 0 Å². The average molecular weight is 253 g/mol.